The average molecular weight is 220 g/mol. The first-order valence-corrected chi connectivity index (χ1v) is 5.96. The van der Waals surface area contributed by atoms with Crippen molar-refractivity contribution in [3.63, 3.8) is 0 Å². The third-order valence-electron chi connectivity index (χ3n) is 3.12. The summed E-state index contributed by atoms with van der Waals surface area (Å²) in [6.07, 6.45) is 3.43. The highest BCUT2D eigenvalue weighted by Crippen LogP contribution is 2.10. The molecule has 1 saturated heterocycles. The molecule has 2 rings (SSSR count). The van der Waals surface area contributed by atoms with Crippen LogP contribution in [-0.4, -0.2) is 40.5 Å². The third-order valence-corrected chi connectivity index (χ3v) is 3.12. The first kappa shape index (κ1) is 11.5. The first-order valence-electron chi connectivity index (χ1n) is 5.96. The van der Waals surface area contributed by atoms with Crippen molar-refractivity contribution in [2.45, 2.75) is 26.4 Å². The second-order valence-corrected chi connectivity index (χ2v) is 4.74. The second-order valence-electron chi connectivity index (χ2n) is 4.74. The van der Waals surface area contributed by atoms with Crippen molar-refractivity contribution < 1.29 is 0 Å². The van der Waals surface area contributed by atoms with Gasteiger partial charge in [-0.25, -0.2) is 9.97 Å². The van der Waals surface area contributed by atoms with Crippen LogP contribution >= 0.6 is 0 Å². The fourth-order valence-electron chi connectivity index (χ4n) is 2.07. The lowest BCUT2D eigenvalue weighted by atomic mass is 10.0. The Balaban J connectivity index is 1.90. The highest BCUT2D eigenvalue weighted by Gasteiger charge is 2.21. The van der Waals surface area contributed by atoms with Gasteiger partial charge < -0.3 is 5.32 Å². The van der Waals surface area contributed by atoms with Gasteiger partial charge >= 0.3 is 0 Å². The molecule has 1 N–H and O–H groups in total. The zero-order valence-electron chi connectivity index (χ0n) is 10.1. The van der Waals surface area contributed by atoms with E-state index in [-0.39, 0.29) is 0 Å². The Labute approximate surface area is 97.1 Å². The van der Waals surface area contributed by atoms with Gasteiger partial charge in [-0.15, -0.1) is 0 Å². The van der Waals surface area contributed by atoms with Crippen LogP contribution in [-0.2, 0) is 6.54 Å². The molecule has 88 valence electrons. The zero-order valence-corrected chi connectivity index (χ0v) is 10.1. The van der Waals surface area contributed by atoms with Gasteiger partial charge in [0.25, 0.3) is 0 Å². The Hall–Kier alpha value is -1.00. The molecule has 1 unspecified atom stereocenters. The fraction of sp³-hybridized carbons (Fsp3) is 0.667. The minimum Gasteiger partial charge on any atom is -0.311 e. The topological polar surface area (TPSA) is 41.1 Å². The van der Waals surface area contributed by atoms with Gasteiger partial charge in [0.1, 0.15) is 6.33 Å². The van der Waals surface area contributed by atoms with E-state index in [2.05, 4.69) is 34.0 Å². The molecule has 1 fully saturated rings. The van der Waals surface area contributed by atoms with Gasteiger partial charge in [0.2, 0.25) is 0 Å². The van der Waals surface area contributed by atoms with Gasteiger partial charge in [0.05, 0.1) is 5.69 Å². The molecule has 0 amide bonds. The lowest BCUT2D eigenvalue weighted by molar-refractivity contribution is 0.167. The highest BCUT2D eigenvalue weighted by molar-refractivity contribution is 4.98. The fourth-order valence-corrected chi connectivity index (χ4v) is 2.07. The molecule has 0 bridgehead atoms. The van der Waals surface area contributed by atoms with Crippen LogP contribution in [0.4, 0.5) is 0 Å². The minimum atomic E-state index is 0.607. The lowest BCUT2D eigenvalue weighted by Gasteiger charge is -2.35. The van der Waals surface area contributed by atoms with E-state index >= 15 is 0 Å². The van der Waals surface area contributed by atoms with E-state index in [0.29, 0.717) is 12.0 Å². The van der Waals surface area contributed by atoms with Gasteiger partial charge in [-0.2, -0.15) is 0 Å². The summed E-state index contributed by atoms with van der Waals surface area (Å²) in [6.45, 7) is 8.77. The molecule has 16 heavy (non-hydrogen) atoms. The van der Waals surface area contributed by atoms with Crippen LogP contribution in [0.25, 0.3) is 0 Å². The third kappa shape index (κ3) is 3.00. The molecule has 4 heteroatoms. The molecule has 1 atom stereocenters. The first-order chi connectivity index (χ1) is 7.75. The maximum atomic E-state index is 4.27. The molecule has 1 aromatic heterocycles. The molecule has 0 aromatic carbocycles. The van der Waals surface area contributed by atoms with Crippen LogP contribution in [0.5, 0.6) is 0 Å². The molecule has 4 nitrogen and oxygen atoms in total. The highest BCUT2D eigenvalue weighted by atomic mass is 15.2. The molecule has 2 heterocycles. The molecular formula is C12H20N4. The summed E-state index contributed by atoms with van der Waals surface area (Å²) in [4.78, 5) is 10.7. The van der Waals surface area contributed by atoms with E-state index in [0.717, 1.165) is 31.9 Å². The molecular weight excluding hydrogens is 200 g/mol. The molecule has 1 aliphatic heterocycles. The Kier molecular flexibility index (Phi) is 3.85. The van der Waals surface area contributed by atoms with Crippen LogP contribution in [0, 0.1) is 5.92 Å². The smallest absolute Gasteiger partial charge is 0.115 e. The number of nitrogens with zero attached hydrogens (tertiary/aromatic N) is 3. The lowest BCUT2D eigenvalue weighted by Crippen LogP contribution is -2.52. The van der Waals surface area contributed by atoms with E-state index in [9.17, 15) is 0 Å². The predicted molar refractivity (Wildman–Crippen MR) is 63.9 cm³/mol. The van der Waals surface area contributed by atoms with E-state index in [1.54, 1.807) is 6.33 Å². The Morgan fingerprint density at radius 3 is 3.12 bits per heavy atom. The number of rotatable bonds is 3. The molecule has 1 aliphatic rings. The number of nitrogens with one attached hydrogen (secondary N) is 1. The molecule has 0 spiro atoms. The van der Waals surface area contributed by atoms with Crippen molar-refractivity contribution in [3.05, 3.63) is 24.3 Å². The van der Waals surface area contributed by atoms with Crippen molar-refractivity contribution >= 4 is 0 Å². The SMILES string of the molecule is CC(C)C1CN(Cc2ccncn2)CCN1. The average Bonchev–Trinajstić information content (AvgIpc) is 2.30. The molecule has 1 aromatic rings. The van der Waals surface area contributed by atoms with Crippen LogP contribution in [0.1, 0.15) is 19.5 Å². The second kappa shape index (κ2) is 5.37. The quantitative estimate of drug-likeness (QED) is 0.822. The van der Waals surface area contributed by atoms with Crippen molar-refractivity contribution in [2.75, 3.05) is 19.6 Å². The van der Waals surface area contributed by atoms with Gasteiger partial charge in [-0.3, -0.25) is 4.90 Å². The van der Waals surface area contributed by atoms with Gasteiger partial charge in [0.15, 0.2) is 0 Å². The van der Waals surface area contributed by atoms with Crippen molar-refractivity contribution in [1.29, 1.82) is 0 Å². The maximum Gasteiger partial charge on any atom is 0.115 e. The summed E-state index contributed by atoms with van der Waals surface area (Å²) < 4.78 is 0. The van der Waals surface area contributed by atoms with Gasteiger partial charge in [0, 0.05) is 38.4 Å². The summed E-state index contributed by atoms with van der Waals surface area (Å²) in [5, 5.41) is 3.56. The normalized spacial score (nSPS) is 22.6. The van der Waals surface area contributed by atoms with E-state index in [1.807, 2.05) is 12.3 Å². The number of hydrogen-bond donors (Lipinski definition) is 1. The summed E-state index contributed by atoms with van der Waals surface area (Å²) in [5.41, 5.74) is 1.11. The molecule has 0 saturated carbocycles. The summed E-state index contributed by atoms with van der Waals surface area (Å²) in [7, 11) is 0. The van der Waals surface area contributed by atoms with Crippen LogP contribution in [0.2, 0.25) is 0 Å². The standard InChI is InChI=1S/C12H20N4/c1-10(2)12-8-16(6-5-14-12)7-11-3-4-13-9-15-11/h3-4,9-10,12,14H,5-8H2,1-2H3. The minimum absolute atomic E-state index is 0.607. The van der Waals surface area contributed by atoms with E-state index in [1.165, 1.54) is 0 Å². The summed E-state index contributed by atoms with van der Waals surface area (Å²) in [6, 6.07) is 2.60. The van der Waals surface area contributed by atoms with E-state index in [4.69, 9.17) is 0 Å². The summed E-state index contributed by atoms with van der Waals surface area (Å²) >= 11 is 0. The molecule has 0 aliphatic carbocycles. The van der Waals surface area contributed by atoms with Crippen molar-refractivity contribution in [2.24, 2.45) is 5.92 Å². The van der Waals surface area contributed by atoms with E-state index < -0.39 is 0 Å². The zero-order chi connectivity index (χ0) is 11.4. The maximum absolute atomic E-state index is 4.27. The van der Waals surface area contributed by atoms with Crippen LogP contribution < -0.4 is 5.32 Å². The van der Waals surface area contributed by atoms with Crippen LogP contribution in [0.3, 0.4) is 0 Å². The number of piperazine rings is 1. The van der Waals surface area contributed by atoms with Crippen LogP contribution in [0.15, 0.2) is 18.6 Å². The summed E-state index contributed by atoms with van der Waals surface area (Å²) in [5.74, 6) is 0.688. The molecule has 0 radical (unpaired) electrons. The Bertz CT molecular complexity index is 312. The van der Waals surface area contributed by atoms with Crippen molar-refractivity contribution in [3.8, 4) is 0 Å². The number of aromatic nitrogens is 2. The Morgan fingerprint density at radius 2 is 2.44 bits per heavy atom. The largest absolute Gasteiger partial charge is 0.311 e. The monoisotopic (exact) mass is 220 g/mol. The van der Waals surface area contributed by atoms with Gasteiger partial charge in [-0.1, -0.05) is 13.8 Å². The van der Waals surface area contributed by atoms with Gasteiger partial charge in [-0.05, 0) is 12.0 Å². The van der Waals surface area contributed by atoms with Crippen molar-refractivity contribution in [1.82, 2.24) is 20.2 Å². The predicted octanol–water partition coefficient (Wildman–Crippen LogP) is 0.906. The Morgan fingerprint density at radius 1 is 1.56 bits per heavy atom. The number of hydrogen-bond acceptors (Lipinski definition) is 4.